The van der Waals surface area contributed by atoms with Gasteiger partial charge in [-0.05, 0) is 61.0 Å². The molecule has 2 heterocycles. The molecule has 0 bridgehead atoms. The molecule has 2 aromatic rings. The molecule has 2 aromatic carbocycles. The van der Waals surface area contributed by atoms with Gasteiger partial charge in [-0.25, -0.2) is 0 Å². The van der Waals surface area contributed by atoms with E-state index in [9.17, 15) is 4.79 Å². The molecule has 2 aliphatic rings. The van der Waals surface area contributed by atoms with Crippen molar-refractivity contribution in [2.45, 2.75) is 57.9 Å². The molecule has 0 atom stereocenters. The maximum absolute atomic E-state index is 12.7. The van der Waals surface area contributed by atoms with Crippen LogP contribution in [0.3, 0.4) is 0 Å². The quantitative estimate of drug-likeness (QED) is 0.711. The molecular formula is C27H36N2O2. The Morgan fingerprint density at radius 1 is 1.06 bits per heavy atom. The summed E-state index contributed by atoms with van der Waals surface area (Å²) < 4.78 is 5.14. The van der Waals surface area contributed by atoms with E-state index in [1.807, 2.05) is 4.90 Å². The SMILES string of the molecule is COCC(=O)N1CC2(CCN(Cc3ccc(C(C)(C)C)cc3)CC2)c2cc(C)ccc21. The van der Waals surface area contributed by atoms with Crippen molar-refractivity contribution in [2.75, 3.05) is 38.3 Å². The molecule has 2 aliphatic heterocycles. The number of anilines is 1. The van der Waals surface area contributed by atoms with Gasteiger partial charge in [0.15, 0.2) is 0 Å². The van der Waals surface area contributed by atoms with Crippen LogP contribution in [0.2, 0.25) is 0 Å². The number of piperidine rings is 1. The number of fused-ring (bicyclic) bond motifs is 2. The fourth-order valence-corrected chi connectivity index (χ4v) is 5.14. The number of aryl methyl sites for hydroxylation is 1. The van der Waals surface area contributed by atoms with Gasteiger partial charge in [-0.15, -0.1) is 0 Å². The fourth-order valence-electron chi connectivity index (χ4n) is 5.14. The number of carbonyl (C=O) groups excluding carboxylic acids is 1. The second-order valence-electron chi connectivity index (χ2n) is 10.4. The summed E-state index contributed by atoms with van der Waals surface area (Å²) in [5.41, 5.74) is 6.72. The molecule has 0 aliphatic carbocycles. The average molecular weight is 421 g/mol. The molecule has 0 aromatic heterocycles. The molecule has 4 heteroatoms. The number of nitrogens with zero attached hydrogens (tertiary/aromatic N) is 2. The van der Waals surface area contributed by atoms with Crippen LogP contribution in [-0.4, -0.2) is 44.2 Å². The molecule has 4 rings (SSSR count). The van der Waals surface area contributed by atoms with E-state index < -0.39 is 0 Å². The van der Waals surface area contributed by atoms with Crippen LogP contribution in [0.5, 0.6) is 0 Å². The van der Waals surface area contributed by atoms with Crippen LogP contribution in [0.1, 0.15) is 55.9 Å². The van der Waals surface area contributed by atoms with Crippen molar-refractivity contribution in [3.05, 3.63) is 64.7 Å². The third-order valence-corrected chi connectivity index (χ3v) is 7.08. The third-order valence-electron chi connectivity index (χ3n) is 7.08. The Morgan fingerprint density at radius 3 is 2.35 bits per heavy atom. The standard InChI is InChI=1S/C27H36N2O2/c1-20-6-11-24-23(16-20)27(19-29(24)25(30)18-31-5)12-14-28(15-13-27)17-21-7-9-22(10-8-21)26(2,3)4/h6-11,16H,12-15,17-19H2,1-5H3. The Kier molecular flexibility index (Phi) is 5.97. The van der Waals surface area contributed by atoms with Gasteiger partial charge >= 0.3 is 0 Å². The molecule has 31 heavy (non-hydrogen) atoms. The molecule has 1 saturated heterocycles. The van der Waals surface area contributed by atoms with E-state index in [-0.39, 0.29) is 23.3 Å². The highest BCUT2D eigenvalue weighted by Crippen LogP contribution is 2.47. The van der Waals surface area contributed by atoms with Gasteiger partial charge in [0.1, 0.15) is 6.61 Å². The lowest BCUT2D eigenvalue weighted by Crippen LogP contribution is -2.46. The van der Waals surface area contributed by atoms with Crippen LogP contribution in [0.25, 0.3) is 0 Å². The summed E-state index contributed by atoms with van der Waals surface area (Å²) in [4.78, 5) is 17.2. The second-order valence-corrected chi connectivity index (χ2v) is 10.4. The number of methoxy groups -OCH3 is 1. The van der Waals surface area contributed by atoms with Crippen molar-refractivity contribution >= 4 is 11.6 Å². The topological polar surface area (TPSA) is 32.8 Å². The first kappa shape index (κ1) is 22.0. The minimum atomic E-state index is 0.0610. The van der Waals surface area contributed by atoms with Gasteiger partial charge in [0.2, 0.25) is 0 Å². The molecule has 1 amide bonds. The number of benzene rings is 2. The highest BCUT2D eigenvalue weighted by molar-refractivity contribution is 5.97. The van der Waals surface area contributed by atoms with Gasteiger partial charge in [0.25, 0.3) is 5.91 Å². The molecule has 0 radical (unpaired) electrons. The third kappa shape index (κ3) is 4.42. The summed E-state index contributed by atoms with van der Waals surface area (Å²) in [6.07, 6.45) is 2.17. The predicted octanol–water partition coefficient (Wildman–Crippen LogP) is 4.82. The highest BCUT2D eigenvalue weighted by Gasteiger charge is 2.46. The van der Waals surface area contributed by atoms with Crippen molar-refractivity contribution in [1.82, 2.24) is 4.90 Å². The first-order valence-electron chi connectivity index (χ1n) is 11.4. The van der Waals surface area contributed by atoms with E-state index in [4.69, 9.17) is 4.74 Å². The smallest absolute Gasteiger partial charge is 0.252 e. The van der Waals surface area contributed by atoms with E-state index in [2.05, 4.69) is 75.1 Å². The van der Waals surface area contributed by atoms with Gasteiger partial charge in [-0.2, -0.15) is 0 Å². The van der Waals surface area contributed by atoms with Crippen molar-refractivity contribution in [1.29, 1.82) is 0 Å². The van der Waals surface area contributed by atoms with Crippen molar-refractivity contribution < 1.29 is 9.53 Å². The van der Waals surface area contributed by atoms with E-state index in [0.29, 0.717) is 0 Å². The van der Waals surface area contributed by atoms with E-state index >= 15 is 0 Å². The predicted molar refractivity (Wildman–Crippen MR) is 127 cm³/mol. The Hall–Kier alpha value is -2.17. The van der Waals surface area contributed by atoms with Crippen LogP contribution in [0.15, 0.2) is 42.5 Å². The largest absolute Gasteiger partial charge is 0.375 e. The zero-order valence-corrected chi connectivity index (χ0v) is 19.7. The maximum atomic E-state index is 12.7. The van der Waals surface area contributed by atoms with E-state index in [1.54, 1.807) is 7.11 Å². The molecule has 1 spiro atoms. The summed E-state index contributed by atoms with van der Waals surface area (Å²) in [5.74, 6) is 0.0610. The van der Waals surface area contributed by atoms with Crippen LogP contribution in [0.4, 0.5) is 5.69 Å². The normalized spacial score (nSPS) is 18.4. The Bertz CT molecular complexity index is 935. The molecule has 4 nitrogen and oxygen atoms in total. The summed E-state index contributed by atoms with van der Waals surface area (Å²) in [5, 5.41) is 0. The first-order chi connectivity index (χ1) is 14.7. The lowest BCUT2D eigenvalue weighted by Gasteiger charge is -2.40. The number of likely N-dealkylation sites (tertiary alicyclic amines) is 1. The zero-order chi connectivity index (χ0) is 22.2. The maximum Gasteiger partial charge on any atom is 0.252 e. The number of hydrogen-bond acceptors (Lipinski definition) is 3. The lowest BCUT2D eigenvalue weighted by atomic mass is 9.74. The van der Waals surface area contributed by atoms with Crippen LogP contribution < -0.4 is 4.90 Å². The fraction of sp³-hybridized carbons (Fsp3) is 0.519. The molecule has 166 valence electrons. The number of carbonyl (C=O) groups is 1. The first-order valence-corrected chi connectivity index (χ1v) is 11.4. The summed E-state index contributed by atoms with van der Waals surface area (Å²) in [6.45, 7) is 12.9. The summed E-state index contributed by atoms with van der Waals surface area (Å²) >= 11 is 0. The summed E-state index contributed by atoms with van der Waals surface area (Å²) in [6, 6.07) is 15.6. The van der Waals surface area contributed by atoms with Gasteiger partial charge in [-0.3, -0.25) is 9.69 Å². The van der Waals surface area contributed by atoms with Crippen molar-refractivity contribution in [3.63, 3.8) is 0 Å². The Balaban J connectivity index is 1.47. The lowest BCUT2D eigenvalue weighted by molar-refractivity contribution is -0.122. The second kappa shape index (κ2) is 8.40. The average Bonchev–Trinajstić information content (AvgIpc) is 3.03. The minimum Gasteiger partial charge on any atom is -0.375 e. The van der Waals surface area contributed by atoms with Crippen LogP contribution in [0, 0.1) is 6.92 Å². The van der Waals surface area contributed by atoms with Gasteiger partial charge in [-0.1, -0.05) is 62.7 Å². The Morgan fingerprint density at radius 2 is 1.74 bits per heavy atom. The van der Waals surface area contributed by atoms with Crippen LogP contribution in [-0.2, 0) is 26.9 Å². The number of hydrogen-bond donors (Lipinski definition) is 0. The van der Waals surface area contributed by atoms with Gasteiger partial charge < -0.3 is 9.64 Å². The monoisotopic (exact) mass is 420 g/mol. The number of amides is 1. The molecular weight excluding hydrogens is 384 g/mol. The van der Waals surface area contributed by atoms with Crippen molar-refractivity contribution in [3.8, 4) is 0 Å². The zero-order valence-electron chi connectivity index (χ0n) is 19.7. The van der Waals surface area contributed by atoms with E-state index in [0.717, 1.165) is 44.7 Å². The highest BCUT2D eigenvalue weighted by atomic mass is 16.5. The Labute approximate surface area is 187 Å². The van der Waals surface area contributed by atoms with Crippen molar-refractivity contribution in [2.24, 2.45) is 0 Å². The number of rotatable bonds is 4. The van der Waals surface area contributed by atoms with Crippen LogP contribution >= 0.6 is 0 Å². The van der Waals surface area contributed by atoms with E-state index in [1.165, 1.54) is 22.3 Å². The summed E-state index contributed by atoms with van der Waals surface area (Å²) in [7, 11) is 1.59. The van der Waals surface area contributed by atoms with Gasteiger partial charge in [0.05, 0.1) is 0 Å². The van der Waals surface area contributed by atoms with Gasteiger partial charge in [0, 0.05) is 31.3 Å². The molecule has 0 saturated carbocycles. The molecule has 1 fully saturated rings. The number of ether oxygens (including phenoxy) is 1. The molecule has 0 unspecified atom stereocenters. The molecule has 0 N–H and O–H groups in total. The minimum absolute atomic E-state index is 0.0610.